The minimum absolute atomic E-state index is 0.274. The van der Waals surface area contributed by atoms with Gasteiger partial charge in [-0.3, -0.25) is 0 Å². The van der Waals surface area contributed by atoms with Gasteiger partial charge in [-0.1, -0.05) is 60.7 Å². The van der Waals surface area contributed by atoms with Gasteiger partial charge in [0.1, 0.15) is 0 Å². The lowest BCUT2D eigenvalue weighted by Crippen LogP contribution is -2.06. The summed E-state index contributed by atoms with van der Waals surface area (Å²) in [5, 5.41) is 74.2. The van der Waals surface area contributed by atoms with Crippen LogP contribution < -0.4 is 0 Å². The van der Waals surface area contributed by atoms with E-state index >= 15 is 0 Å². The van der Waals surface area contributed by atoms with Gasteiger partial charge < -0.3 is 9.13 Å². The highest BCUT2D eigenvalue weighted by Crippen LogP contribution is 2.43. The van der Waals surface area contributed by atoms with Gasteiger partial charge in [-0.2, -0.15) is 36.8 Å². The Labute approximate surface area is 366 Å². The number of rotatable bonds is 5. The van der Waals surface area contributed by atoms with Crippen molar-refractivity contribution in [1.29, 1.82) is 36.8 Å². The minimum Gasteiger partial charge on any atom is -0.307 e. The molecule has 0 atom stereocenters. The molecule has 0 aliphatic rings. The average Bonchev–Trinajstić information content (AvgIpc) is 3.87. The molecule has 0 saturated carbocycles. The van der Waals surface area contributed by atoms with Crippen molar-refractivity contribution in [3.05, 3.63) is 191 Å². The van der Waals surface area contributed by atoms with Crippen LogP contribution in [0.5, 0.6) is 0 Å². The normalized spacial score (nSPS) is 10.7. The topological polar surface area (TPSA) is 176 Å². The maximum absolute atomic E-state index is 11.0. The summed E-state index contributed by atoms with van der Waals surface area (Å²) in [5.41, 5.74) is 10.9. The lowest BCUT2D eigenvalue weighted by Gasteiger charge is -2.20. The zero-order chi connectivity index (χ0) is 44.1. The van der Waals surface area contributed by atoms with Crippen molar-refractivity contribution in [3.63, 3.8) is 0 Å². The summed E-state index contributed by atoms with van der Waals surface area (Å²) in [6.07, 6.45) is 0. The molecule has 0 N–H and O–H groups in total. The number of fused-ring (bicyclic) bond motifs is 6. The Morgan fingerprint density at radius 2 is 0.641 bits per heavy atom. The van der Waals surface area contributed by atoms with Crippen molar-refractivity contribution < 1.29 is 0 Å². The Kier molecular flexibility index (Phi) is 8.98. The van der Waals surface area contributed by atoms with Crippen molar-refractivity contribution in [2.24, 2.45) is 0 Å². The molecule has 2 heterocycles. The molecular weight excluding hydrogens is 787 g/mol. The standard InChI is InChI=1S/C55H25N9/c56-26-33-13-34(27-57)17-41(16-33)39-9-11-47-45-5-1-3-7-50(45)63(52(47)22-39)54-24-44(32-62)49(43-20-37(30-60)15-38(21-43)31-61)25-55(54)64-51-8-4-2-6-46(51)48-12-10-40(23-53(48)64)42-18-35(28-58)14-36(19-42)29-59/h1-25H. The average molecular weight is 812 g/mol. The Morgan fingerprint density at radius 1 is 0.281 bits per heavy atom. The number of benzene rings is 8. The number of nitrogens with zero attached hydrogens (tertiary/aromatic N) is 9. The summed E-state index contributed by atoms with van der Waals surface area (Å²) in [6, 6.07) is 62.4. The number of nitriles is 7. The van der Waals surface area contributed by atoms with E-state index in [1.54, 1.807) is 48.5 Å². The van der Waals surface area contributed by atoms with Crippen LogP contribution in [0.3, 0.4) is 0 Å². The predicted molar refractivity (Wildman–Crippen MR) is 244 cm³/mol. The van der Waals surface area contributed by atoms with Crippen molar-refractivity contribution in [3.8, 4) is 87.2 Å². The summed E-state index contributed by atoms with van der Waals surface area (Å²) in [6.45, 7) is 0. The quantitative estimate of drug-likeness (QED) is 0.166. The smallest absolute Gasteiger partial charge is 0.0998 e. The van der Waals surface area contributed by atoms with Crippen molar-refractivity contribution >= 4 is 43.6 Å². The van der Waals surface area contributed by atoms with E-state index in [1.165, 1.54) is 6.07 Å². The van der Waals surface area contributed by atoms with Gasteiger partial charge in [0.15, 0.2) is 0 Å². The van der Waals surface area contributed by atoms with Crippen molar-refractivity contribution in [2.45, 2.75) is 0 Å². The van der Waals surface area contributed by atoms with E-state index in [1.807, 2.05) is 91.0 Å². The molecule has 0 bridgehead atoms. The summed E-state index contributed by atoms with van der Waals surface area (Å²) < 4.78 is 4.27. The van der Waals surface area contributed by atoms with E-state index in [0.717, 1.165) is 54.7 Å². The van der Waals surface area contributed by atoms with Crippen LogP contribution in [0.15, 0.2) is 152 Å². The SMILES string of the molecule is N#Cc1cc(C#N)cc(-c2ccc3c4ccccc4n(-c4cc(C#N)c(-c5cc(C#N)cc(C#N)c5)cc4-n4c5ccccc5c5ccc(-c6cc(C#N)cc(C#N)c6)cc54)c3c2)c1. The maximum Gasteiger partial charge on any atom is 0.0998 e. The van der Waals surface area contributed by atoms with Crippen LogP contribution in [-0.4, -0.2) is 9.13 Å². The van der Waals surface area contributed by atoms with Crippen molar-refractivity contribution in [2.75, 3.05) is 0 Å². The minimum atomic E-state index is 0.274. The van der Waals surface area contributed by atoms with Crippen molar-refractivity contribution in [1.82, 2.24) is 9.13 Å². The third-order valence-corrected chi connectivity index (χ3v) is 11.6. The van der Waals surface area contributed by atoms with Crippen LogP contribution in [0, 0.1) is 79.3 Å². The molecule has 0 saturated heterocycles. The molecule has 8 aromatic carbocycles. The van der Waals surface area contributed by atoms with E-state index in [2.05, 4.69) is 57.7 Å². The highest BCUT2D eigenvalue weighted by atomic mass is 15.1. The molecule has 290 valence electrons. The number of para-hydroxylation sites is 2. The van der Waals surface area contributed by atoms with Gasteiger partial charge >= 0.3 is 0 Å². The Hall–Kier alpha value is -10.2. The van der Waals surface area contributed by atoms with Crippen LogP contribution in [0.1, 0.15) is 38.9 Å². The molecule has 2 aromatic heterocycles. The summed E-state index contributed by atoms with van der Waals surface area (Å²) in [4.78, 5) is 0. The third-order valence-electron chi connectivity index (χ3n) is 11.6. The van der Waals surface area contributed by atoms with Gasteiger partial charge in [-0.25, -0.2) is 0 Å². The summed E-state index contributed by atoms with van der Waals surface area (Å²) >= 11 is 0. The van der Waals surface area contributed by atoms with E-state index in [9.17, 15) is 36.8 Å². The first kappa shape index (κ1) is 38.0. The molecule has 0 amide bonds. The Bertz CT molecular complexity index is 3900. The lowest BCUT2D eigenvalue weighted by atomic mass is 9.95. The highest BCUT2D eigenvalue weighted by Gasteiger charge is 2.23. The molecule has 0 fully saturated rings. The fourth-order valence-corrected chi connectivity index (χ4v) is 8.84. The Morgan fingerprint density at radius 3 is 1.03 bits per heavy atom. The maximum atomic E-state index is 11.0. The zero-order valence-electron chi connectivity index (χ0n) is 33.5. The number of hydrogen-bond donors (Lipinski definition) is 0. The largest absolute Gasteiger partial charge is 0.307 e. The molecule has 64 heavy (non-hydrogen) atoms. The second-order valence-electron chi connectivity index (χ2n) is 15.2. The first-order valence-corrected chi connectivity index (χ1v) is 19.9. The first-order chi connectivity index (χ1) is 31.4. The molecule has 0 spiro atoms. The first-order valence-electron chi connectivity index (χ1n) is 19.9. The van der Waals surface area contributed by atoms with E-state index < -0.39 is 0 Å². The summed E-state index contributed by atoms with van der Waals surface area (Å²) in [5.74, 6) is 0. The predicted octanol–water partition coefficient (Wildman–Crippen LogP) is 12.0. The molecule has 0 aliphatic carbocycles. The number of aromatic nitrogens is 2. The second-order valence-corrected chi connectivity index (χ2v) is 15.2. The van der Waals surface area contributed by atoms with Gasteiger partial charge in [0.2, 0.25) is 0 Å². The van der Waals surface area contributed by atoms with Gasteiger partial charge in [-0.05, 0) is 119 Å². The zero-order valence-corrected chi connectivity index (χ0v) is 33.5. The molecule has 10 rings (SSSR count). The lowest BCUT2D eigenvalue weighted by molar-refractivity contribution is 1.09. The van der Waals surface area contributed by atoms with E-state index in [4.69, 9.17) is 0 Å². The van der Waals surface area contributed by atoms with Gasteiger partial charge in [0.25, 0.3) is 0 Å². The third kappa shape index (κ3) is 6.12. The van der Waals surface area contributed by atoms with Crippen LogP contribution in [-0.2, 0) is 0 Å². The highest BCUT2D eigenvalue weighted by molar-refractivity contribution is 6.13. The van der Waals surface area contributed by atoms with Crippen LogP contribution >= 0.6 is 0 Å². The molecule has 0 unspecified atom stereocenters. The second kappa shape index (κ2) is 15.1. The van der Waals surface area contributed by atoms with Gasteiger partial charge in [0, 0.05) is 27.1 Å². The van der Waals surface area contributed by atoms with Crippen LogP contribution in [0.2, 0.25) is 0 Å². The molecule has 10 aromatic rings. The van der Waals surface area contributed by atoms with Gasteiger partial charge in [-0.15, -0.1) is 0 Å². The monoisotopic (exact) mass is 811 g/mol. The Balaban J connectivity index is 1.36. The molecule has 0 radical (unpaired) electrons. The number of hydrogen-bond acceptors (Lipinski definition) is 7. The van der Waals surface area contributed by atoms with Gasteiger partial charge in [0.05, 0.1) is 115 Å². The summed E-state index contributed by atoms with van der Waals surface area (Å²) in [7, 11) is 0. The van der Waals surface area contributed by atoms with Crippen LogP contribution in [0.25, 0.3) is 88.4 Å². The molecule has 0 aliphatic heterocycles. The van der Waals surface area contributed by atoms with E-state index in [0.29, 0.717) is 61.4 Å². The van der Waals surface area contributed by atoms with Crippen LogP contribution in [0.4, 0.5) is 0 Å². The molecule has 9 nitrogen and oxygen atoms in total. The van der Waals surface area contributed by atoms with E-state index in [-0.39, 0.29) is 11.1 Å². The molecular formula is C55H25N9. The fraction of sp³-hybridized carbons (Fsp3) is 0. The fourth-order valence-electron chi connectivity index (χ4n) is 8.84. The molecule has 9 heteroatoms.